The standard InChI is InChI=1S/C7H17BrN2Si/c1-3-4-5-6-10-7(8)9(2)11-10/h7H,3-6,11H2,1-2H3. The molecule has 66 valence electrons. The third-order valence-corrected chi connectivity index (χ3v) is 6.28. The van der Waals surface area contributed by atoms with E-state index in [1.165, 1.54) is 25.8 Å². The van der Waals surface area contributed by atoms with Gasteiger partial charge in [-0.05, 0) is 20.0 Å². The summed E-state index contributed by atoms with van der Waals surface area (Å²) < 4.78 is 5.00. The van der Waals surface area contributed by atoms with E-state index < -0.39 is 0 Å². The lowest BCUT2D eigenvalue weighted by Gasteiger charge is -2.45. The topological polar surface area (TPSA) is 6.48 Å². The second-order valence-electron chi connectivity index (χ2n) is 3.23. The highest BCUT2D eigenvalue weighted by atomic mass is 79.9. The molecule has 1 rings (SSSR count). The molecule has 0 aliphatic carbocycles. The first kappa shape index (κ1) is 9.70. The van der Waals surface area contributed by atoms with Gasteiger partial charge in [0.2, 0.25) is 0 Å². The van der Waals surface area contributed by atoms with E-state index >= 15 is 0 Å². The lowest BCUT2D eigenvalue weighted by Crippen LogP contribution is -2.61. The average Bonchev–Trinajstić information content (AvgIpc) is 2.03. The van der Waals surface area contributed by atoms with Crippen molar-refractivity contribution in [2.24, 2.45) is 0 Å². The van der Waals surface area contributed by atoms with Gasteiger partial charge in [-0.2, -0.15) is 0 Å². The van der Waals surface area contributed by atoms with E-state index in [4.69, 9.17) is 0 Å². The van der Waals surface area contributed by atoms with Crippen LogP contribution in [0.4, 0.5) is 0 Å². The number of hydrogen-bond acceptors (Lipinski definition) is 2. The van der Waals surface area contributed by atoms with Gasteiger partial charge in [0.1, 0.15) is 5.08 Å². The van der Waals surface area contributed by atoms with Gasteiger partial charge >= 0.3 is 0 Å². The summed E-state index contributed by atoms with van der Waals surface area (Å²) >= 11 is 3.63. The van der Waals surface area contributed by atoms with Crippen LogP contribution in [-0.2, 0) is 0 Å². The van der Waals surface area contributed by atoms with Crippen molar-refractivity contribution in [1.82, 2.24) is 9.13 Å². The third-order valence-electron chi connectivity index (χ3n) is 2.12. The molecule has 0 saturated carbocycles. The predicted molar refractivity (Wildman–Crippen MR) is 55.3 cm³/mol. The van der Waals surface area contributed by atoms with Crippen LogP contribution in [0.1, 0.15) is 26.2 Å². The van der Waals surface area contributed by atoms with Crippen LogP contribution in [0, 0.1) is 0 Å². The molecule has 11 heavy (non-hydrogen) atoms. The molecule has 4 heteroatoms. The molecular formula is C7H17BrN2Si. The molecule has 1 fully saturated rings. The molecule has 0 aromatic heterocycles. The molecular weight excluding hydrogens is 220 g/mol. The summed E-state index contributed by atoms with van der Waals surface area (Å²) in [7, 11) is 2.18. The molecule has 1 unspecified atom stereocenters. The summed E-state index contributed by atoms with van der Waals surface area (Å²) in [6, 6.07) is 0. The summed E-state index contributed by atoms with van der Waals surface area (Å²) in [6.45, 7) is 3.56. The Hall–Kier alpha value is 0.617. The fourth-order valence-electron chi connectivity index (χ4n) is 1.35. The van der Waals surface area contributed by atoms with E-state index in [1.54, 1.807) is 0 Å². The van der Waals surface area contributed by atoms with Crippen LogP contribution in [-0.4, -0.2) is 37.6 Å². The molecule has 0 amide bonds. The Morgan fingerprint density at radius 1 is 1.45 bits per heavy atom. The van der Waals surface area contributed by atoms with Crippen LogP contribution >= 0.6 is 15.9 Å². The normalized spacial score (nSPS) is 29.2. The van der Waals surface area contributed by atoms with Gasteiger partial charge in [0.15, 0.2) is 9.84 Å². The zero-order chi connectivity index (χ0) is 8.27. The van der Waals surface area contributed by atoms with Crippen molar-refractivity contribution in [3.05, 3.63) is 0 Å². The summed E-state index contributed by atoms with van der Waals surface area (Å²) in [5.41, 5.74) is 0. The van der Waals surface area contributed by atoms with Gasteiger partial charge in [-0.1, -0.05) is 35.7 Å². The molecule has 1 saturated heterocycles. The van der Waals surface area contributed by atoms with Gasteiger partial charge in [-0.15, -0.1) is 0 Å². The van der Waals surface area contributed by atoms with Crippen LogP contribution in [0.15, 0.2) is 0 Å². The first-order valence-electron chi connectivity index (χ1n) is 4.34. The highest BCUT2D eigenvalue weighted by Gasteiger charge is 2.30. The SMILES string of the molecule is CCCCCN1[SiH2]N(C)C1Br. The Morgan fingerprint density at radius 2 is 2.18 bits per heavy atom. The van der Waals surface area contributed by atoms with Gasteiger partial charge in [0.05, 0.1) is 0 Å². The Bertz CT molecular complexity index is 123. The number of hydrogen-bond donors (Lipinski definition) is 0. The van der Waals surface area contributed by atoms with Crippen molar-refractivity contribution in [2.45, 2.75) is 31.3 Å². The first-order valence-corrected chi connectivity index (χ1v) is 6.52. The zero-order valence-electron chi connectivity index (χ0n) is 7.39. The molecule has 0 bridgehead atoms. The molecule has 2 nitrogen and oxygen atoms in total. The second kappa shape index (κ2) is 4.60. The fourth-order valence-corrected chi connectivity index (χ4v) is 3.74. The Morgan fingerprint density at radius 3 is 2.64 bits per heavy atom. The lowest BCUT2D eigenvalue weighted by molar-refractivity contribution is 0.201. The zero-order valence-corrected chi connectivity index (χ0v) is 10.4. The average molecular weight is 237 g/mol. The van der Waals surface area contributed by atoms with Gasteiger partial charge in [0, 0.05) is 0 Å². The molecule has 1 aliphatic rings. The van der Waals surface area contributed by atoms with Crippen LogP contribution in [0.5, 0.6) is 0 Å². The second-order valence-corrected chi connectivity index (χ2v) is 6.14. The quantitative estimate of drug-likeness (QED) is 0.313. The highest BCUT2D eigenvalue weighted by Crippen LogP contribution is 2.19. The Kier molecular flexibility index (Phi) is 4.05. The minimum absolute atomic E-state index is 0.0123. The highest BCUT2D eigenvalue weighted by molar-refractivity contribution is 9.09. The van der Waals surface area contributed by atoms with Crippen LogP contribution in [0.3, 0.4) is 0 Å². The molecule has 0 spiro atoms. The Labute approximate surface area is 80.0 Å². The van der Waals surface area contributed by atoms with Crippen molar-refractivity contribution in [3.63, 3.8) is 0 Å². The van der Waals surface area contributed by atoms with Crippen molar-refractivity contribution in [3.8, 4) is 0 Å². The number of alkyl halides is 1. The number of unbranched alkanes of at least 4 members (excludes halogenated alkanes) is 2. The monoisotopic (exact) mass is 236 g/mol. The van der Waals surface area contributed by atoms with Crippen molar-refractivity contribution < 1.29 is 0 Å². The number of rotatable bonds is 4. The number of halogens is 1. The first-order chi connectivity index (χ1) is 5.25. The molecule has 0 radical (unpaired) electrons. The predicted octanol–water partition coefficient (Wildman–Crippen LogP) is 1.10. The van der Waals surface area contributed by atoms with E-state index in [9.17, 15) is 0 Å². The minimum atomic E-state index is -0.0123. The molecule has 0 aromatic carbocycles. The summed E-state index contributed by atoms with van der Waals surface area (Å²) in [5, 5.41) is 0.561. The van der Waals surface area contributed by atoms with Crippen molar-refractivity contribution in [1.29, 1.82) is 0 Å². The van der Waals surface area contributed by atoms with Gasteiger partial charge in [-0.25, -0.2) is 0 Å². The molecule has 0 N–H and O–H groups in total. The van der Waals surface area contributed by atoms with E-state index in [-0.39, 0.29) is 9.84 Å². The Balaban J connectivity index is 2.01. The maximum Gasteiger partial charge on any atom is 0.176 e. The summed E-state index contributed by atoms with van der Waals surface area (Å²) in [4.78, 5) is 0. The van der Waals surface area contributed by atoms with E-state index in [0.717, 1.165) is 0 Å². The van der Waals surface area contributed by atoms with E-state index in [0.29, 0.717) is 5.08 Å². The van der Waals surface area contributed by atoms with E-state index in [2.05, 4.69) is 39.0 Å². The molecule has 1 aliphatic heterocycles. The lowest BCUT2D eigenvalue weighted by atomic mass is 10.2. The van der Waals surface area contributed by atoms with Crippen LogP contribution in [0.25, 0.3) is 0 Å². The van der Waals surface area contributed by atoms with E-state index in [1.807, 2.05) is 0 Å². The molecule has 1 atom stereocenters. The smallest absolute Gasteiger partial charge is 0.176 e. The summed E-state index contributed by atoms with van der Waals surface area (Å²) in [5.74, 6) is 0. The van der Waals surface area contributed by atoms with Gasteiger partial charge in [0.25, 0.3) is 0 Å². The van der Waals surface area contributed by atoms with Gasteiger partial charge < -0.3 is 0 Å². The molecule has 1 heterocycles. The van der Waals surface area contributed by atoms with Crippen molar-refractivity contribution >= 4 is 25.8 Å². The third kappa shape index (κ3) is 2.54. The maximum atomic E-state index is 3.63. The largest absolute Gasteiger partial charge is 0.296 e. The molecule has 0 aromatic rings. The van der Waals surface area contributed by atoms with Crippen LogP contribution < -0.4 is 0 Å². The van der Waals surface area contributed by atoms with Crippen molar-refractivity contribution in [2.75, 3.05) is 13.6 Å². The summed E-state index contributed by atoms with van der Waals surface area (Å²) in [6.07, 6.45) is 4.09. The number of nitrogens with zero attached hydrogens (tertiary/aromatic N) is 2. The fraction of sp³-hybridized carbons (Fsp3) is 1.00. The van der Waals surface area contributed by atoms with Crippen LogP contribution in [0.2, 0.25) is 0 Å². The van der Waals surface area contributed by atoms with Gasteiger partial charge in [-0.3, -0.25) is 9.13 Å². The maximum absolute atomic E-state index is 3.63. The minimum Gasteiger partial charge on any atom is -0.296 e.